The maximum absolute atomic E-state index is 12.7. The van der Waals surface area contributed by atoms with E-state index in [-0.39, 0.29) is 30.1 Å². The van der Waals surface area contributed by atoms with Crippen LogP contribution in [0, 0.1) is 0 Å². The molecule has 0 aliphatic carbocycles. The first-order chi connectivity index (χ1) is 9.88. The largest absolute Gasteiger partial charge is 0.395 e. The summed E-state index contributed by atoms with van der Waals surface area (Å²) in [4.78, 5) is 0.243. The Kier molecular flexibility index (Phi) is 6.80. The highest BCUT2D eigenvalue weighted by Gasteiger charge is 2.29. The van der Waals surface area contributed by atoms with E-state index in [1.807, 2.05) is 20.8 Å². The van der Waals surface area contributed by atoms with E-state index in [1.165, 1.54) is 4.31 Å². The average Bonchev–Trinajstić information content (AvgIpc) is 2.47. The zero-order valence-corrected chi connectivity index (χ0v) is 13.8. The quantitative estimate of drug-likeness (QED) is 0.767. The molecular weight excluding hydrogens is 288 g/mol. The number of aliphatic hydroxyl groups excluding tert-OH is 1. The van der Waals surface area contributed by atoms with Crippen molar-refractivity contribution >= 4 is 10.0 Å². The molecular formula is C15H26N2O3S. The summed E-state index contributed by atoms with van der Waals surface area (Å²) in [6.07, 6.45) is 1.43. The molecule has 3 N–H and O–H groups in total. The molecule has 6 heteroatoms. The topological polar surface area (TPSA) is 83.6 Å². The second-order valence-electron chi connectivity index (χ2n) is 5.17. The molecule has 0 bridgehead atoms. The smallest absolute Gasteiger partial charge is 0.243 e. The Bertz CT molecular complexity index is 522. The number of aliphatic hydroxyl groups is 1. The zero-order valence-electron chi connectivity index (χ0n) is 13.0. The van der Waals surface area contributed by atoms with Crippen LogP contribution in [-0.4, -0.2) is 37.0 Å². The van der Waals surface area contributed by atoms with Gasteiger partial charge in [-0.05, 0) is 37.5 Å². The van der Waals surface area contributed by atoms with Gasteiger partial charge in [0.2, 0.25) is 10.0 Å². The van der Waals surface area contributed by atoms with Crippen LogP contribution in [0.5, 0.6) is 0 Å². The third-order valence-corrected chi connectivity index (χ3v) is 5.65. The third-order valence-electron chi connectivity index (χ3n) is 3.68. The Hall–Kier alpha value is -0.950. The molecule has 0 spiro atoms. The number of hydrogen-bond donors (Lipinski definition) is 2. The Morgan fingerprint density at radius 3 is 2.10 bits per heavy atom. The van der Waals surface area contributed by atoms with Crippen LogP contribution in [0.15, 0.2) is 29.2 Å². The van der Waals surface area contributed by atoms with Crippen LogP contribution in [0.2, 0.25) is 0 Å². The number of rotatable bonds is 8. The molecule has 0 aromatic heterocycles. The third kappa shape index (κ3) is 4.26. The van der Waals surface area contributed by atoms with Gasteiger partial charge in [0.05, 0.1) is 11.5 Å². The van der Waals surface area contributed by atoms with Crippen LogP contribution in [0.25, 0.3) is 0 Å². The fraction of sp³-hybridized carbons (Fsp3) is 0.600. The lowest BCUT2D eigenvalue weighted by Crippen LogP contribution is -2.41. The molecule has 0 saturated carbocycles. The van der Waals surface area contributed by atoms with E-state index in [9.17, 15) is 13.5 Å². The van der Waals surface area contributed by atoms with Gasteiger partial charge in [0.15, 0.2) is 0 Å². The predicted molar refractivity (Wildman–Crippen MR) is 84.4 cm³/mol. The van der Waals surface area contributed by atoms with Gasteiger partial charge >= 0.3 is 0 Å². The molecule has 0 amide bonds. The Morgan fingerprint density at radius 1 is 1.19 bits per heavy atom. The second-order valence-corrected chi connectivity index (χ2v) is 7.06. The number of nitrogens with two attached hydrogens (primary N) is 1. The van der Waals surface area contributed by atoms with Gasteiger partial charge in [-0.3, -0.25) is 0 Å². The van der Waals surface area contributed by atoms with E-state index < -0.39 is 10.0 Å². The van der Waals surface area contributed by atoms with Crippen molar-refractivity contribution in [2.24, 2.45) is 5.73 Å². The van der Waals surface area contributed by atoms with Gasteiger partial charge < -0.3 is 10.8 Å². The monoisotopic (exact) mass is 314 g/mol. The molecule has 0 radical (unpaired) electrons. The molecule has 1 unspecified atom stereocenters. The first kappa shape index (κ1) is 18.1. The number of nitrogens with zero attached hydrogens (tertiary/aromatic N) is 1. The molecule has 0 heterocycles. The van der Waals surface area contributed by atoms with Crippen LogP contribution in [0.4, 0.5) is 0 Å². The van der Waals surface area contributed by atoms with E-state index >= 15 is 0 Å². The standard InChI is InChI=1S/C15H26N2O3S/c1-4-14(5-2)17(10-11-18)21(19,20)15-8-6-13(7-9-15)12(3)16/h6-9,12,14,18H,4-5,10-11,16H2,1-3H3. The maximum Gasteiger partial charge on any atom is 0.243 e. The van der Waals surface area contributed by atoms with E-state index in [0.717, 1.165) is 5.56 Å². The summed E-state index contributed by atoms with van der Waals surface area (Å²) in [7, 11) is -3.60. The molecule has 5 nitrogen and oxygen atoms in total. The van der Waals surface area contributed by atoms with E-state index in [0.29, 0.717) is 12.8 Å². The summed E-state index contributed by atoms with van der Waals surface area (Å²) < 4.78 is 26.9. The summed E-state index contributed by atoms with van der Waals surface area (Å²) in [5, 5.41) is 9.18. The minimum atomic E-state index is -3.60. The highest BCUT2D eigenvalue weighted by molar-refractivity contribution is 7.89. The van der Waals surface area contributed by atoms with Crippen LogP contribution in [-0.2, 0) is 10.0 Å². The zero-order chi connectivity index (χ0) is 16.0. The molecule has 0 aliphatic rings. The molecule has 0 aliphatic heterocycles. The predicted octanol–water partition coefficient (Wildman–Crippen LogP) is 1.88. The number of hydrogen-bond acceptors (Lipinski definition) is 4. The second kappa shape index (κ2) is 7.89. The van der Waals surface area contributed by atoms with Crippen molar-refractivity contribution in [3.63, 3.8) is 0 Å². The molecule has 1 atom stereocenters. The molecule has 0 saturated heterocycles. The molecule has 21 heavy (non-hydrogen) atoms. The molecule has 1 aromatic rings. The van der Waals surface area contributed by atoms with Crippen LogP contribution in [0.1, 0.15) is 45.2 Å². The van der Waals surface area contributed by atoms with Crippen LogP contribution in [0.3, 0.4) is 0 Å². The van der Waals surface area contributed by atoms with Crippen molar-refractivity contribution in [2.45, 2.75) is 50.6 Å². The van der Waals surface area contributed by atoms with Crippen LogP contribution < -0.4 is 5.73 Å². The van der Waals surface area contributed by atoms with Gasteiger partial charge in [-0.15, -0.1) is 0 Å². The van der Waals surface area contributed by atoms with Gasteiger partial charge in [0.25, 0.3) is 0 Å². The summed E-state index contributed by atoms with van der Waals surface area (Å²) in [5.74, 6) is 0. The van der Waals surface area contributed by atoms with Crippen molar-refractivity contribution in [1.29, 1.82) is 0 Å². The highest BCUT2D eigenvalue weighted by Crippen LogP contribution is 2.22. The van der Waals surface area contributed by atoms with Gasteiger partial charge in [-0.25, -0.2) is 8.42 Å². The van der Waals surface area contributed by atoms with Crippen molar-refractivity contribution in [1.82, 2.24) is 4.31 Å². The fourth-order valence-electron chi connectivity index (χ4n) is 2.37. The first-order valence-electron chi connectivity index (χ1n) is 7.36. The lowest BCUT2D eigenvalue weighted by Gasteiger charge is -2.29. The Morgan fingerprint density at radius 2 is 1.71 bits per heavy atom. The lowest BCUT2D eigenvalue weighted by molar-refractivity contribution is 0.219. The molecule has 1 aromatic carbocycles. The van der Waals surface area contributed by atoms with Gasteiger partial charge in [-0.1, -0.05) is 26.0 Å². The highest BCUT2D eigenvalue weighted by atomic mass is 32.2. The number of sulfonamides is 1. The van der Waals surface area contributed by atoms with Gasteiger partial charge in [-0.2, -0.15) is 4.31 Å². The summed E-state index contributed by atoms with van der Waals surface area (Å²) in [5.41, 5.74) is 6.67. The Balaban J connectivity index is 3.15. The van der Waals surface area contributed by atoms with Crippen LogP contribution >= 0.6 is 0 Å². The molecule has 120 valence electrons. The SMILES string of the molecule is CCC(CC)N(CCO)S(=O)(=O)c1ccc(C(C)N)cc1. The van der Waals surface area contributed by atoms with Crippen molar-refractivity contribution < 1.29 is 13.5 Å². The number of benzene rings is 1. The first-order valence-corrected chi connectivity index (χ1v) is 8.80. The molecule has 0 fully saturated rings. The summed E-state index contributed by atoms with van der Waals surface area (Å²) >= 11 is 0. The normalized spacial score (nSPS) is 13.9. The fourth-order valence-corrected chi connectivity index (χ4v) is 4.14. The Labute approximate surface area is 127 Å². The average molecular weight is 314 g/mol. The minimum Gasteiger partial charge on any atom is -0.395 e. The maximum atomic E-state index is 12.7. The minimum absolute atomic E-state index is 0.102. The van der Waals surface area contributed by atoms with E-state index in [4.69, 9.17) is 5.73 Å². The molecule has 1 rings (SSSR count). The van der Waals surface area contributed by atoms with E-state index in [1.54, 1.807) is 24.3 Å². The van der Waals surface area contributed by atoms with Crippen molar-refractivity contribution in [3.8, 4) is 0 Å². The van der Waals surface area contributed by atoms with E-state index in [2.05, 4.69) is 0 Å². The van der Waals surface area contributed by atoms with Crippen molar-refractivity contribution in [3.05, 3.63) is 29.8 Å². The van der Waals surface area contributed by atoms with Crippen molar-refractivity contribution in [2.75, 3.05) is 13.2 Å². The lowest BCUT2D eigenvalue weighted by atomic mass is 10.1. The van der Waals surface area contributed by atoms with Gasteiger partial charge in [0, 0.05) is 18.6 Å². The summed E-state index contributed by atoms with van der Waals surface area (Å²) in [6, 6.07) is 6.41. The summed E-state index contributed by atoms with van der Waals surface area (Å²) in [6.45, 7) is 5.68. The van der Waals surface area contributed by atoms with Gasteiger partial charge in [0.1, 0.15) is 0 Å².